The monoisotopic (exact) mass is 581 g/mol. The van der Waals surface area contributed by atoms with Gasteiger partial charge >= 0.3 is 5.97 Å². The molecule has 1 aliphatic carbocycles. The smallest absolute Gasteiger partial charge is 0.303 e. The van der Waals surface area contributed by atoms with Gasteiger partial charge < -0.3 is 14.7 Å². The third kappa shape index (κ3) is 6.25. The van der Waals surface area contributed by atoms with Crippen LogP contribution in [0.2, 0.25) is 10.0 Å². The topological polar surface area (TPSA) is 91.7 Å². The number of ether oxygens (including phenoxy) is 1. The molecular formula is C30H33Cl2N5O3. The summed E-state index contributed by atoms with van der Waals surface area (Å²) in [6.07, 6.45) is 7.73. The fraction of sp³-hybridized carbons (Fsp3) is 0.467. The highest BCUT2D eigenvalue weighted by molar-refractivity contribution is 6.35. The van der Waals surface area contributed by atoms with Crippen LogP contribution in [0.25, 0.3) is 11.3 Å². The van der Waals surface area contributed by atoms with E-state index in [1.807, 2.05) is 24.3 Å². The van der Waals surface area contributed by atoms with Gasteiger partial charge in [0.25, 0.3) is 0 Å². The van der Waals surface area contributed by atoms with Crippen LogP contribution in [0.5, 0.6) is 11.6 Å². The van der Waals surface area contributed by atoms with E-state index >= 15 is 0 Å². The molecule has 6 rings (SSSR count). The molecule has 8 nitrogen and oxygen atoms in total. The van der Waals surface area contributed by atoms with Crippen LogP contribution in [0.4, 0.5) is 0 Å². The number of nitrogens with zero attached hydrogens (tertiary/aromatic N) is 5. The van der Waals surface area contributed by atoms with Crippen molar-refractivity contribution in [2.75, 3.05) is 26.7 Å². The first-order chi connectivity index (χ1) is 19.3. The van der Waals surface area contributed by atoms with Crippen molar-refractivity contribution in [2.24, 2.45) is 11.8 Å². The number of aromatic nitrogens is 3. The van der Waals surface area contributed by atoms with Crippen LogP contribution in [0.15, 0.2) is 42.7 Å². The summed E-state index contributed by atoms with van der Waals surface area (Å²) in [7, 11) is 2.19. The first-order valence-corrected chi connectivity index (χ1v) is 14.7. The van der Waals surface area contributed by atoms with Gasteiger partial charge in [-0.2, -0.15) is 0 Å². The zero-order valence-electron chi connectivity index (χ0n) is 22.5. The van der Waals surface area contributed by atoms with Gasteiger partial charge in [-0.05, 0) is 87.5 Å². The number of pyridine rings is 1. The Morgan fingerprint density at radius 3 is 2.42 bits per heavy atom. The quantitative estimate of drug-likeness (QED) is 0.339. The largest absolute Gasteiger partial charge is 0.481 e. The summed E-state index contributed by atoms with van der Waals surface area (Å²) in [5, 5.41) is 10.2. The van der Waals surface area contributed by atoms with E-state index in [-0.39, 0.29) is 12.3 Å². The standard InChI is InChI=1S/C30H33Cl2N5O3/c1-36-17-22-9-21(12-27(22)36)30-33-14-25(15-34-30)40-28-7-19(16-37-4-2-18(3-5-37)8-29(38)39)6-26(35-28)20-10-23(31)13-24(32)11-20/h6-7,10-11,13-15,18,21-22,27H,2-5,8-9,12,16-17H2,1H3,(H,38,39)/t21?,22-,27?/m0/s1. The molecule has 0 amide bonds. The second kappa shape index (κ2) is 11.6. The van der Waals surface area contributed by atoms with Crippen molar-refractivity contribution in [3.05, 3.63) is 64.2 Å². The minimum Gasteiger partial charge on any atom is -0.481 e. The number of hydrogen-bond acceptors (Lipinski definition) is 7. The molecule has 0 spiro atoms. The van der Waals surface area contributed by atoms with Crippen molar-refractivity contribution in [3.8, 4) is 22.9 Å². The predicted octanol–water partition coefficient (Wildman–Crippen LogP) is 6.13. The normalized spacial score (nSPS) is 23.5. The minimum atomic E-state index is -0.723. The van der Waals surface area contributed by atoms with Gasteiger partial charge in [0.2, 0.25) is 5.88 Å². The number of halogens is 2. The first kappa shape index (κ1) is 27.4. The fourth-order valence-corrected chi connectivity index (χ4v) is 7.06. The highest BCUT2D eigenvalue weighted by Gasteiger charge is 2.45. The SMILES string of the molecule is CN1C[C@@H]2CC(c3ncc(Oc4cc(CN5CCC(CC(=O)O)CC5)cc(-c5cc(Cl)cc(Cl)c5)n4)cn3)CC21. The molecule has 4 heterocycles. The zero-order valence-corrected chi connectivity index (χ0v) is 24.0. The summed E-state index contributed by atoms with van der Waals surface area (Å²) < 4.78 is 6.19. The second-order valence-electron chi connectivity index (χ2n) is 11.5. The van der Waals surface area contributed by atoms with Gasteiger partial charge in [0.1, 0.15) is 5.82 Å². The Morgan fingerprint density at radius 2 is 1.77 bits per heavy atom. The van der Waals surface area contributed by atoms with E-state index in [0.29, 0.717) is 45.9 Å². The highest BCUT2D eigenvalue weighted by Crippen LogP contribution is 2.45. The number of hydrogen-bond donors (Lipinski definition) is 1. The summed E-state index contributed by atoms with van der Waals surface area (Å²) in [5.41, 5.74) is 2.55. The van der Waals surface area contributed by atoms with Crippen LogP contribution in [0, 0.1) is 11.8 Å². The van der Waals surface area contributed by atoms with Gasteiger partial charge in [-0.1, -0.05) is 23.2 Å². The highest BCUT2D eigenvalue weighted by atomic mass is 35.5. The van der Waals surface area contributed by atoms with Gasteiger partial charge in [0.15, 0.2) is 5.75 Å². The molecule has 3 aliphatic rings. The lowest BCUT2D eigenvalue weighted by molar-refractivity contribution is -0.138. The van der Waals surface area contributed by atoms with E-state index in [0.717, 1.165) is 61.6 Å². The number of fused-ring (bicyclic) bond motifs is 1. The minimum absolute atomic E-state index is 0.234. The molecule has 1 aromatic carbocycles. The molecule has 0 bridgehead atoms. The maximum absolute atomic E-state index is 11.1. The average Bonchev–Trinajstić information content (AvgIpc) is 3.26. The Balaban J connectivity index is 1.20. The molecule has 210 valence electrons. The third-order valence-corrected chi connectivity index (χ3v) is 9.01. The van der Waals surface area contributed by atoms with Gasteiger partial charge in [-0.3, -0.25) is 9.69 Å². The molecule has 1 saturated carbocycles. The van der Waals surface area contributed by atoms with Gasteiger partial charge in [0, 0.05) is 53.1 Å². The van der Waals surface area contributed by atoms with E-state index in [9.17, 15) is 4.79 Å². The predicted molar refractivity (Wildman–Crippen MR) is 154 cm³/mol. The number of carbonyl (C=O) groups is 1. The van der Waals surface area contributed by atoms with E-state index < -0.39 is 5.97 Å². The van der Waals surface area contributed by atoms with E-state index in [1.54, 1.807) is 18.5 Å². The Labute approximate surface area is 244 Å². The summed E-state index contributed by atoms with van der Waals surface area (Å²) in [4.78, 5) is 30.0. The van der Waals surface area contributed by atoms with Gasteiger partial charge in [-0.15, -0.1) is 0 Å². The van der Waals surface area contributed by atoms with Gasteiger partial charge in [-0.25, -0.2) is 15.0 Å². The molecule has 0 radical (unpaired) electrons. The van der Waals surface area contributed by atoms with Crippen LogP contribution >= 0.6 is 23.2 Å². The molecule has 40 heavy (non-hydrogen) atoms. The van der Waals surface area contributed by atoms with Crippen molar-refractivity contribution in [3.63, 3.8) is 0 Å². The maximum atomic E-state index is 11.1. The van der Waals surface area contributed by atoms with Crippen molar-refractivity contribution < 1.29 is 14.6 Å². The Hall–Kier alpha value is -2.78. The number of aliphatic carboxylic acids is 1. The molecule has 1 N–H and O–H groups in total. The number of piperidine rings is 1. The molecule has 3 aromatic rings. The van der Waals surface area contributed by atoms with Crippen molar-refractivity contribution in [1.29, 1.82) is 0 Å². The molecule has 10 heteroatoms. The Morgan fingerprint density at radius 1 is 1.05 bits per heavy atom. The zero-order chi connectivity index (χ0) is 27.8. The molecule has 3 fully saturated rings. The van der Waals surface area contributed by atoms with Crippen molar-refractivity contribution >= 4 is 29.2 Å². The van der Waals surface area contributed by atoms with Crippen LogP contribution in [0.3, 0.4) is 0 Å². The van der Waals surface area contributed by atoms with Crippen LogP contribution in [0.1, 0.15) is 49.4 Å². The van der Waals surface area contributed by atoms with Crippen molar-refractivity contribution in [2.45, 2.75) is 50.6 Å². The summed E-state index contributed by atoms with van der Waals surface area (Å²) in [5.74, 6) is 2.54. The van der Waals surface area contributed by atoms with Crippen LogP contribution in [-0.4, -0.2) is 68.6 Å². The number of carboxylic acid groups (broad SMARTS) is 1. The molecule has 2 unspecified atom stereocenters. The third-order valence-electron chi connectivity index (χ3n) is 8.58. The maximum Gasteiger partial charge on any atom is 0.303 e. The van der Waals surface area contributed by atoms with E-state index in [2.05, 4.69) is 26.8 Å². The van der Waals surface area contributed by atoms with E-state index in [1.165, 1.54) is 6.54 Å². The fourth-order valence-electron chi connectivity index (χ4n) is 6.53. The molecule has 2 aliphatic heterocycles. The number of likely N-dealkylation sites (tertiary alicyclic amines) is 2. The van der Waals surface area contributed by atoms with Crippen molar-refractivity contribution in [1.82, 2.24) is 24.8 Å². The van der Waals surface area contributed by atoms with Crippen LogP contribution < -0.4 is 4.74 Å². The lowest BCUT2D eigenvalue weighted by atomic mass is 9.93. The lowest BCUT2D eigenvalue weighted by Crippen LogP contribution is -2.50. The summed E-state index contributed by atoms with van der Waals surface area (Å²) >= 11 is 12.6. The summed E-state index contributed by atoms with van der Waals surface area (Å²) in [6.45, 7) is 3.57. The number of carboxylic acids is 1. The average molecular weight is 583 g/mol. The molecule has 3 atom stereocenters. The number of benzene rings is 1. The lowest BCUT2D eigenvalue weighted by Gasteiger charge is -2.41. The molecule has 2 saturated heterocycles. The van der Waals surface area contributed by atoms with E-state index in [4.69, 9.17) is 38.0 Å². The molecular weight excluding hydrogens is 549 g/mol. The number of rotatable bonds is 8. The second-order valence-corrected chi connectivity index (χ2v) is 12.4. The Kier molecular flexibility index (Phi) is 7.95. The first-order valence-electron chi connectivity index (χ1n) is 13.9. The summed E-state index contributed by atoms with van der Waals surface area (Å²) in [6, 6.07) is 10.0. The Bertz CT molecular complexity index is 1360. The van der Waals surface area contributed by atoms with Crippen LogP contribution in [-0.2, 0) is 11.3 Å². The molecule has 2 aromatic heterocycles. The van der Waals surface area contributed by atoms with Gasteiger partial charge in [0.05, 0.1) is 18.1 Å².